The molecule has 0 aliphatic rings. The van der Waals surface area contributed by atoms with Gasteiger partial charge >= 0.3 is 0 Å². The summed E-state index contributed by atoms with van der Waals surface area (Å²) in [6.45, 7) is 0.664. The van der Waals surface area contributed by atoms with E-state index in [4.69, 9.17) is 4.74 Å². The van der Waals surface area contributed by atoms with Gasteiger partial charge in [-0.2, -0.15) is 0 Å². The Morgan fingerprint density at radius 3 is 2.38 bits per heavy atom. The molecule has 0 heterocycles. The maximum absolute atomic E-state index is 13.9. The standard InChI is InChI=1S/C19H19Br2FO2/c20-11-3-1-2-4-12-24-16-8-5-14(6-9-16)19(23)17-10-7-15(21)13-18(17)22/h5-10,13H,1-4,11-12H2. The summed E-state index contributed by atoms with van der Waals surface area (Å²) in [5.74, 6) is -0.136. The summed E-state index contributed by atoms with van der Waals surface area (Å²) in [6.07, 6.45) is 4.53. The van der Waals surface area contributed by atoms with Crippen LogP contribution in [0.5, 0.6) is 5.75 Å². The molecular weight excluding hydrogens is 439 g/mol. The van der Waals surface area contributed by atoms with E-state index in [1.165, 1.54) is 25.0 Å². The van der Waals surface area contributed by atoms with Gasteiger partial charge in [0.05, 0.1) is 12.2 Å². The smallest absolute Gasteiger partial charge is 0.195 e. The fourth-order valence-corrected chi connectivity index (χ4v) is 3.00. The zero-order valence-corrected chi connectivity index (χ0v) is 16.4. The van der Waals surface area contributed by atoms with Gasteiger partial charge in [0.2, 0.25) is 0 Å². The number of hydrogen-bond acceptors (Lipinski definition) is 2. The lowest BCUT2D eigenvalue weighted by Gasteiger charge is -2.07. The second-order valence-corrected chi connectivity index (χ2v) is 7.14. The van der Waals surface area contributed by atoms with E-state index in [0.29, 0.717) is 16.6 Å². The number of benzene rings is 2. The summed E-state index contributed by atoms with van der Waals surface area (Å²) in [6, 6.07) is 11.3. The van der Waals surface area contributed by atoms with E-state index in [2.05, 4.69) is 31.9 Å². The molecule has 0 bridgehead atoms. The Morgan fingerprint density at radius 1 is 1.00 bits per heavy atom. The van der Waals surface area contributed by atoms with Crippen molar-refractivity contribution >= 4 is 37.6 Å². The zero-order valence-electron chi connectivity index (χ0n) is 13.2. The summed E-state index contributed by atoms with van der Waals surface area (Å²) in [5.41, 5.74) is 0.513. The molecule has 0 atom stereocenters. The number of halogens is 3. The molecule has 0 aliphatic heterocycles. The number of carbonyl (C=O) groups excluding carboxylic acids is 1. The molecule has 0 fully saturated rings. The van der Waals surface area contributed by atoms with Crippen LogP contribution < -0.4 is 4.74 Å². The Morgan fingerprint density at radius 2 is 1.71 bits per heavy atom. The van der Waals surface area contributed by atoms with Gasteiger partial charge in [-0.05, 0) is 55.3 Å². The largest absolute Gasteiger partial charge is 0.494 e. The van der Waals surface area contributed by atoms with E-state index in [0.717, 1.165) is 23.9 Å². The highest BCUT2D eigenvalue weighted by Gasteiger charge is 2.14. The lowest BCUT2D eigenvalue weighted by atomic mass is 10.0. The van der Waals surface area contributed by atoms with Gasteiger partial charge in [-0.1, -0.05) is 44.7 Å². The highest BCUT2D eigenvalue weighted by atomic mass is 79.9. The molecule has 24 heavy (non-hydrogen) atoms. The molecule has 0 spiro atoms. The number of carbonyl (C=O) groups is 1. The first-order chi connectivity index (χ1) is 11.6. The van der Waals surface area contributed by atoms with E-state index < -0.39 is 5.82 Å². The van der Waals surface area contributed by atoms with E-state index >= 15 is 0 Å². The van der Waals surface area contributed by atoms with Crippen molar-refractivity contribution in [3.05, 3.63) is 63.9 Å². The Balaban J connectivity index is 1.90. The summed E-state index contributed by atoms with van der Waals surface area (Å²) in [4.78, 5) is 12.4. The van der Waals surface area contributed by atoms with Crippen LogP contribution in [0.25, 0.3) is 0 Å². The molecule has 0 saturated heterocycles. The molecule has 5 heteroatoms. The van der Waals surface area contributed by atoms with Crippen molar-refractivity contribution in [1.29, 1.82) is 0 Å². The molecule has 0 aliphatic carbocycles. The highest BCUT2D eigenvalue weighted by molar-refractivity contribution is 9.10. The number of alkyl halides is 1. The molecule has 2 nitrogen and oxygen atoms in total. The molecule has 2 rings (SSSR count). The second-order valence-electron chi connectivity index (χ2n) is 5.43. The maximum atomic E-state index is 13.9. The summed E-state index contributed by atoms with van der Waals surface area (Å²) < 4.78 is 20.2. The maximum Gasteiger partial charge on any atom is 0.195 e. The van der Waals surface area contributed by atoms with Gasteiger partial charge in [0.1, 0.15) is 11.6 Å². The molecule has 0 aromatic heterocycles. The van der Waals surface area contributed by atoms with Crippen LogP contribution in [-0.2, 0) is 0 Å². The predicted molar refractivity (Wildman–Crippen MR) is 102 cm³/mol. The topological polar surface area (TPSA) is 26.3 Å². The number of unbranched alkanes of at least 4 members (excludes halogenated alkanes) is 3. The summed E-state index contributed by atoms with van der Waals surface area (Å²) >= 11 is 6.60. The third kappa shape index (κ3) is 5.71. The van der Waals surface area contributed by atoms with Crippen LogP contribution in [-0.4, -0.2) is 17.7 Å². The van der Waals surface area contributed by atoms with Crippen molar-refractivity contribution in [1.82, 2.24) is 0 Å². The molecular formula is C19H19Br2FO2. The van der Waals surface area contributed by atoms with Gasteiger partial charge in [0.15, 0.2) is 5.78 Å². The minimum atomic E-state index is -0.529. The monoisotopic (exact) mass is 456 g/mol. The van der Waals surface area contributed by atoms with Gasteiger partial charge in [-0.25, -0.2) is 4.39 Å². The van der Waals surface area contributed by atoms with Gasteiger partial charge in [-0.3, -0.25) is 4.79 Å². The van der Waals surface area contributed by atoms with Crippen molar-refractivity contribution in [3.8, 4) is 5.75 Å². The predicted octanol–water partition coefficient (Wildman–Crippen LogP) is 6.15. The fraction of sp³-hybridized carbons (Fsp3) is 0.316. The van der Waals surface area contributed by atoms with E-state index in [1.54, 1.807) is 30.3 Å². The van der Waals surface area contributed by atoms with Crippen molar-refractivity contribution in [2.24, 2.45) is 0 Å². The molecule has 0 unspecified atom stereocenters. The van der Waals surface area contributed by atoms with Gasteiger partial charge in [0.25, 0.3) is 0 Å². The third-order valence-electron chi connectivity index (χ3n) is 3.59. The van der Waals surface area contributed by atoms with Crippen molar-refractivity contribution in [3.63, 3.8) is 0 Å². The molecule has 0 amide bonds. The highest BCUT2D eigenvalue weighted by Crippen LogP contribution is 2.20. The third-order valence-corrected chi connectivity index (χ3v) is 4.64. The number of rotatable bonds is 9. The molecule has 0 radical (unpaired) electrons. The quantitative estimate of drug-likeness (QED) is 0.256. The van der Waals surface area contributed by atoms with Crippen LogP contribution in [0.1, 0.15) is 41.6 Å². The van der Waals surface area contributed by atoms with Crippen LogP contribution in [0.2, 0.25) is 0 Å². The minimum absolute atomic E-state index is 0.0682. The average Bonchev–Trinajstić information content (AvgIpc) is 2.58. The van der Waals surface area contributed by atoms with E-state index in [9.17, 15) is 9.18 Å². The van der Waals surface area contributed by atoms with Crippen LogP contribution in [0.4, 0.5) is 4.39 Å². The SMILES string of the molecule is O=C(c1ccc(OCCCCCCBr)cc1)c1ccc(Br)cc1F. The van der Waals surface area contributed by atoms with Crippen molar-refractivity contribution in [2.75, 3.05) is 11.9 Å². The Bertz CT molecular complexity index is 672. The zero-order chi connectivity index (χ0) is 17.4. The number of ketones is 1. The van der Waals surface area contributed by atoms with Crippen LogP contribution in [0, 0.1) is 5.82 Å². The van der Waals surface area contributed by atoms with Gasteiger partial charge in [0, 0.05) is 15.4 Å². The number of ether oxygens (including phenoxy) is 1. The molecule has 128 valence electrons. The Kier molecular flexibility index (Phi) is 7.92. The van der Waals surface area contributed by atoms with Crippen LogP contribution in [0.15, 0.2) is 46.9 Å². The lowest BCUT2D eigenvalue weighted by Crippen LogP contribution is -2.04. The van der Waals surface area contributed by atoms with Gasteiger partial charge < -0.3 is 4.74 Å². The Labute approximate surface area is 158 Å². The normalized spacial score (nSPS) is 10.6. The van der Waals surface area contributed by atoms with Crippen LogP contribution >= 0.6 is 31.9 Å². The first kappa shape index (κ1) is 19.1. The molecule has 0 saturated carbocycles. The number of hydrogen-bond donors (Lipinski definition) is 0. The molecule has 0 N–H and O–H groups in total. The van der Waals surface area contributed by atoms with E-state index in [1.807, 2.05) is 0 Å². The summed E-state index contributed by atoms with van der Waals surface area (Å²) in [7, 11) is 0. The van der Waals surface area contributed by atoms with Crippen molar-refractivity contribution in [2.45, 2.75) is 25.7 Å². The lowest BCUT2D eigenvalue weighted by molar-refractivity contribution is 0.103. The first-order valence-electron chi connectivity index (χ1n) is 7.90. The minimum Gasteiger partial charge on any atom is -0.494 e. The van der Waals surface area contributed by atoms with Crippen LogP contribution in [0.3, 0.4) is 0 Å². The average molecular weight is 458 g/mol. The second kappa shape index (κ2) is 9.94. The fourth-order valence-electron chi connectivity index (χ4n) is 2.27. The summed E-state index contributed by atoms with van der Waals surface area (Å²) in [5, 5.41) is 1.04. The Hall–Kier alpha value is -1.20. The van der Waals surface area contributed by atoms with Crippen molar-refractivity contribution < 1.29 is 13.9 Å². The first-order valence-corrected chi connectivity index (χ1v) is 9.82. The van der Waals surface area contributed by atoms with Gasteiger partial charge in [-0.15, -0.1) is 0 Å². The molecule has 2 aromatic carbocycles. The molecule has 2 aromatic rings. The van der Waals surface area contributed by atoms with E-state index in [-0.39, 0.29) is 11.3 Å².